The molecule has 1 amide bonds. The maximum Gasteiger partial charge on any atom is 0.253 e. The maximum absolute atomic E-state index is 13.3. The Morgan fingerprint density at radius 3 is 2.58 bits per heavy atom. The largest absolute Gasteiger partial charge is 0.381 e. The van der Waals surface area contributed by atoms with Crippen molar-refractivity contribution in [1.29, 1.82) is 0 Å². The number of carbonyl (C=O) groups is 1. The van der Waals surface area contributed by atoms with E-state index in [0.717, 1.165) is 55.9 Å². The highest BCUT2D eigenvalue weighted by atomic mass is 32.2. The fourth-order valence-electron chi connectivity index (χ4n) is 5.74. The zero-order valence-electron chi connectivity index (χ0n) is 20.2. The molecule has 3 saturated heterocycles. The number of fused-ring (bicyclic) bond motifs is 1. The molecule has 0 saturated carbocycles. The first kappa shape index (κ1) is 23.4. The predicted octanol–water partition coefficient (Wildman–Crippen LogP) is 3.41. The lowest BCUT2D eigenvalue weighted by atomic mass is 9.89. The first-order chi connectivity index (χ1) is 17.5. The lowest BCUT2D eigenvalue weighted by molar-refractivity contribution is 0.0713. The van der Waals surface area contributed by atoms with Crippen LogP contribution in [0.1, 0.15) is 65.7 Å². The molecule has 3 fully saturated rings. The average Bonchev–Trinajstić information content (AvgIpc) is 3.51. The molecule has 9 nitrogen and oxygen atoms in total. The molecular weight excluding hydrogens is 478 g/mol. The number of nitrogens with zero attached hydrogens (tertiary/aromatic N) is 4. The molecule has 0 aliphatic carbocycles. The number of amides is 1. The number of aromatic nitrogens is 3. The van der Waals surface area contributed by atoms with Crippen LogP contribution >= 0.6 is 0 Å². The van der Waals surface area contributed by atoms with Gasteiger partial charge in [-0.25, -0.2) is 18.4 Å². The molecule has 2 aromatic heterocycles. The summed E-state index contributed by atoms with van der Waals surface area (Å²) in [6.45, 7) is 3.30. The van der Waals surface area contributed by atoms with Crippen LogP contribution in [0.25, 0.3) is 11.2 Å². The van der Waals surface area contributed by atoms with Crippen molar-refractivity contribution >= 4 is 32.8 Å². The monoisotopic (exact) mass is 509 g/mol. The van der Waals surface area contributed by atoms with E-state index in [2.05, 4.69) is 16.0 Å². The van der Waals surface area contributed by atoms with Crippen LogP contribution in [-0.2, 0) is 14.8 Å². The number of imidazole rings is 1. The number of sulfonamides is 1. The third-order valence-electron chi connectivity index (χ3n) is 7.74. The lowest BCUT2D eigenvalue weighted by Gasteiger charge is -2.32. The molecule has 5 heterocycles. The van der Waals surface area contributed by atoms with Crippen molar-refractivity contribution in [2.24, 2.45) is 0 Å². The summed E-state index contributed by atoms with van der Waals surface area (Å²) >= 11 is 0. The number of hydrogen-bond acceptors (Lipinski definition) is 6. The minimum absolute atomic E-state index is 0.0478. The van der Waals surface area contributed by atoms with Gasteiger partial charge in [0.15, 0.2) is 5.65 Å². The topological polar surface area (TPSA) is 108 Å². The van der Waals surface area contributed by atoms with Gasteiger partial charge in [0.25, 0.3) is 5.91 Å². The molecule has 6 rings (SSSR count). The van der Waals surface area contributed by atoms with Crippen LogP contribution in [0.4, 0.5) is 5.69 Å². The minimum atomic E-state index is -3.28. The smallest absolute Gasteiger partial charge is 0.253 e. The van der Waals surface area contributed by atoms with Gasteiger partial charge >= 0.3 is 0 Å². The summed E-state index contributed by atoms with van der Waals surface area (Å²) in [5, 5.41) is 0. The fraction of sp³-hybridized carbons (Fsp3) is 0.500. The number of pyridine rings is 1. The minimum Gasteiger partial charge on any atom is -0.381 e. The van der Waals surface area contributed by atoms with Crippen LogP contribution in [0.3, 0.4) is 0 Å². The molecule has 10 heteroatoms. The van der Waals surface area contributed by atoms with Gasteiger partial charge in [0.2, 0.25) is 10.0 Å². The number of likely N-dealkylation sites (tertiary alicyclic amines) is 1. The van der Waals surface area contributed by atoms with E-state index >= 15 is 0 Å². The molecule has 3 aliphatic rings. The van der Waals surface area contributed by atoms with Gasteiger partial charge in [0.05, 0.1) is 11.4 Å². The Morgan fingerprint density at radius 1 is 1.03 bits per heavy atom. The molecule has 0 atom stereocenters. The van der Waals surface area contributed by atoms with Gasteiger partial charge in [-0.15, -0.1) is 0 Å². The Hall–Kier alpha value is -2.98. The summed E-state index contributed by atoms with van der Waals surface area (Å²) < 4.78 is 31.5. The standard InChI is InChI=1S/C26H31N5O4S/c32-26(20-3-1-4-21(17-20)31-11-2-16-36(31,33)34)30-12-6-18(7-13-30)22-5-10-27-25-23(22)28-24(29-25)19-8-14-35-15-9-19/h1,3-5,10,17-19H,2,6-9,11-16H2,(H,27,28,29). The van der Waals surface area contributed by atoms with E-state index in [4.69, 9.17) is 9.72 Å². The summed E-state index contributed by atoms with van der Waals surface area (Å²) in [5.41, 5.74) is 4.09. The molecular formula is C26H31N5O4S. The van der Waals surface area contributed by atoms with Crippen LogP contribution in [0.5, 0.6) is 0 Å². The number of piperidine rings is 1. The molecule has 1 aromatic carbocycles. The SMILES string of the molecule is O=C(c1cccc(N2CCCS2(=O)=O)c1)N1CCC(c2ccnc3[nH]c(C4CCOCC4)nc23)CC1. The number of benzene rings is 1. The predicted molar refractivity (Wildman–Crippen MR) is 137 cm³/mol. The Bertz CT molecular complexity index is 1370. The molecule has 190 valence electrons. The third-order valence-corrected chi connectivity index (χ3v) is 9.61. The van der Waals surface area contributed by atoms with Crippen LogP contribution in [0.15, 0.2) is 36.5 Å². The van der Waals surface area contributed by atoms with E-state index in [9.17, 15) is 13.2 Å². The van der Waals surface area contributed by atoms with Crippen LogP contribution < -0.4 is 4.31 Å². The zero-order chi connectivity index (χ0) is 24.7. The summed E-state index contributed by atoms with van der Waals surface area (Å²) in [4.78, 5) is 28.1. The Kier molecular flexibility index (Phi) is 6.17. The van der Waals surface area contributed by atoms with Gasteiger partial charge in [-0.05, 0) is 67.9 Å². The normalized spacial score (nSPS) is 21.3. The van der Waals surface area contributed by atoms with Crippen molar-refractivity contribution in [2.75, 3.05) is 42.9 Å². The van der Waals surface area contributed by atoms with Gasteiger partial charge in [-0.3, -0.25) is 9.10 Å². The summed E-state index contributed by atoms with van der Waals surface area (Å²) in [7, 11) is -3.28. The first-order valence-electron chi connectivity index (χ1n) is 12.8. The second kappa shape index (κ2) is 9.48. The van der Waals surface area contributed by atoms with E-state index in [1.165, 1.54) is 9.87 Å². The Morgan fingerprint density at radius 2 is 1.83 bits per heavy atom. The average molecular weight is 510 g/mol. The van der Waals surface area contributed by atoms with Crippen LogP contribution in [0.2, 0.25) is 0 Å². The molecule has 0 spiro atoms. The number of anilines is 1. The number of ether oxygens (including phenoxy) is 1. The van der Waals surface area contributed by atoms with E-state index in [-0.39, 0.29) is 11.7 Å². The Labute approximate surface area is 210 Å². The Balaban J connectivity index is 1.16. The second-order valence-corrected chi connectivity index (χ2v) is 12.0. The van der Waals surface area contributed by atoms with Crippen molar-refractivity contribution in [3.8, 4) is 0 Å². The van der Waals surface area contributed by atoms with Gasteiger partial charge < -0.3 is 14.6 Å². The number of aromatic amines is 1. The highest BCUT2D eigenvalue weighted by Gasteiger charge is 2.30. The van der Waals surface area contributed by atoms with Gasteiger partial charge in [0, 0.05) is 50.5 Å². The molecule has 1 N–H and O–H groups in total. The van der Waals surface area contributed by atoms with Crippen LogP contribution in [-0.4, -0.2) is 72.8 Å². The van der Waals surface area contributed by atoms with Gasteiger partial charge in [-0.1, -0.05) is 6.07 Å². The molecule has 3 aliphatic heterocycles. The molecule has 3 aromatic rings. The third kappa shape index (κ3) is 4.37. The van der Waals surface area contributed by atoms with Gasteiger partial charge in [0.1, 0.15) is 11.3 Å². The number of rotatable bonds is 4. The fourth-order valence-corrected chi connectivity index (χ4v) is 7.30. The number of H-pyrrole nitrogens is 1. The first-order valence-corrected chi connectivity index (χ1v) is 14.4. The summed E-state index contributed by atoms with van der Waals surface area (Å²) in [6.07, 6.45) is 6.11. The number of hydrogen-bond donors (Lipinski definition) is 1. The van der Waals surface area contributed by atoms with E-state index in [1.807, 2.05) is 11.1 Å². The van der Waals surface area contributed by atoms with Crippen LogP contribution in [0, 0.1) is 0 Å². The molecule has 36 heavy (non-hydrogen) atoms. The number of carbonyl (C=O) groups excluding carboxylic acids is 1. The zero-order valence-corrected chi connectivity index (χ0v) is 21.0. The number of nitrogens with one attached hydrogen (secondary N) is 1. The van der Waals surface area contributed by atoms with E-state index in [1.54, 1.807) is 24.3 Å². The van der Waals surface area contributed by atoms with Gasteiger partial charge in [-0.2, -0.15) is 0 Å². The molecule has 0 bridgehead atoms. The lowest BCUT2D eigenvalue weighted by Crippen LogP contribution is -2.38. The highest BCUT2D eigenvalue weighted by Crippen LogP contribution is 2.34. The van der Waals surface area contributed by atoms with Crippen molar-refractivity contribution in [2.45, 2.75) is 43.9 Å². The van der Waals surface area contributed by atoms with Crippen molar-refractivity contribution in [1.82, 2.24) is 19.9 Å². The van der Waals surface area contributed by atoms with Crippen molar-refractivity contribution in [3.63, 3.8) is 0 Å². The quantitative estimate of drug-likeness (QED) is 0.577. The van der Waals surface area contributed by atoms with E-state index < -0.39 is 10.0 Å². The molecule has 0 unspecified atom stereocenters. The molecule has 0 radical (unpaired) electrons. The highest BCUT2D eigenvalue weighted by molar-refractivity contribution is 7.93. The van der Waals surface area contributed by atoms with E-state index in [0.29, 0.717) is 49.1 Å². The summed E-state index contributed by atoms with van der Waals surface area (Å²) in [5.74, 6) is 1.81. The van der Waals surface area contributed by atoms with Crippen molar-refractivity contribution in [3.05, 3.63) is 53.5 Å². The summed E-state index contributed by atoms with van der Waals surface area (Å²) in [6, 6.07) is 9.09. The van der Waals surface area contributed by atoms with Crippen molar-refractivity contribution < 1.29 is 17.9 Å². The second-order valence-electron chi connectivity index (χ2n) is 9.96. The maximum atomic E-state index is 13.3.